The molecule has 1 saturated carbocycles. The van der Waals surface area contributed by atoms with Gasteiger partial charge in [0.2, 0.25) is 0 Å². The average Bonchev–Trinajstić information content (AvgIpc) is 2.83. The molecule has 1 aromatic rings. The Hall–Kier alpha value is -1.48. The van der Waals surface area contributed by atoms with Crippen LogP contribution in [0.4, 0.5) is 0 Å². The molecule has 110 valence electrons. The number of ether oxygens (including phenoxy) is 2. The maximum atomic E-state index is 10.5. The number of aliphatic hydroxyl groups is 1. The third-order valence-corrected chi connectivity index (χ3v) is 6.08. The van der Waals surface area contributed by atoms with Gasteiger partial charge in [0.05, 0.1) is 18.6 Å². The Bertz CT molecular complexity index is 663. The molecule has 3 heteroatoms. The monoisotopic (exact) mass is 284 g/mol. The molecule has 1 aliphatic heterocycles. The highest BCUT2D eigenvalue weighted by Crippen LogP contribution is 2.64. The average molecular weight is 284 g/mol. The van der Waals surface area contributed by atoms with Crippen LogP contribution in [0.3, 0.4) is 0 Å². The van der Waals surface area contributed by atoms with Crippen molar-refractivity contribution >= 4 is 0 Å². The molecule has 1 spiro atoms. The zero-order chi connectivity index (χ0) is 14.2. The Labute approximate surface area is 124 Å². The molecule has 1 heterocycles. The second kappa shape index (κ2) is 3.83. The summed E-state index contributed by atoms with van der Waals surface area (Å²) in [6, 6.07) is 4.24. The van der Waals surface area contributed by atoms with Gasteiger partial charge in [-0.2, -0.15) is 0 Å². The quantitative estimate of drug-likeness (QED) is 0.806. The predicted octanol–water partition coefficient (Wildman–Crippen LogP) is 2.74. The molecule has 21 heavy (non-hydrogen) atoms. The summed E-state index contributed by atoms with van der Waals surface area (Å²) in [5.74, 6) is 2.35. The molecule has 2 bridgehead atoms. The molecule has 0 unspecified atom stereocenters. The van der Waals surface area contributed by atoms with Gasteiger partial charge < -0.3 is 14.6 Å². The molecule has 1 fully saturated rings. The highest BCUT2D eigenvalue weighted by Gasteiger charge is 2.61. The normalized spacial score (nSPS) is 38.4. The Kier molecular flexibility index (Phi) is 2.21. The minimum Gasteiger partial charge on any atom is -0.493 e. The van der Waals surface area contributed by atoms with Gasteiger partial charge in [-0.1, -0.05) is 24.1 Å². The van der Waals surface area contributed by atoms with E-state index >= 15 is 0 Å². The SMILES string of the molecule is COc1ccc2c3c1O[C@H]1[C@@H](O)CC=C4[C@H](CCC[C@]431)C2. The van der Waals surface area contributed by atoms with E-state index in [-0.39, 0.29) is 11.5 Å². The lowest BCUT2D eigenvalue weighted by molar-refractivity contribution is -0.00420. The Morgan fingerprint density at radius 2 is 2.29 bits per heavy atom. The topological polar surface area (TPSA) is 38.7 Å². The predicted molar refractivity (Wildman–Crippen MR) is 78.8 cm³/mol. The van der Waals surface area contributed by atoms with Gasteiger partial charge in [-0.05, 0) is 43.2 Å². The third-order valence-electron chi connectivity index (χ3n) is 6.08. The van der Waals surface area contributed by atoms with Crippen molar-refractivity contribution in [1.29, 1.82) is 0 Å². The first-order valence-electron chi connectivity index (χ1n) is 8.01. The number of methoxy groups -OCH3 is 1. The van der Waals surface area contributed by atoms with Crippen LogP contribution >= 0.6 is 0 Å². The molecular formula is C18H20O3. The van der Waals surface area contributed by atoms with Crippen LogP contribution < -0.4 is 9.47 Å². The first kappa shape index (κ1) is 12.1. The molecular weight excluding hydrogens is 264 g/mol. The van der Waals surface area contributed by atoms with Crippen molar-refractivity contribution in [2.45, 2.75) is 49.7 Å². The van der Waals surface area contributed by atoms with Crippen LogP contribution in [0.5, 0.6) is 11.5 Å². The summed E-state index contributed by atoms with van der Waals surface area (Å²) < 4.78 is 11.8. The van der Waals surface area contributed by atoms with Crippen LogP contribution in [0.2, 0.25) is 0 Å². The first-order valence-corrected chi connectivity index (χ1v) is 8.01. The Balaban J connectivity index is 1.85. The van der Waals surface area contributed by atoms with Crippen LogP contribution in [0, 0.1) is 5.92 Å². The van der Waals surface area contributed by atoms with Crippen molar-refractivity contribution in [3.8, 4) is 11.5 Å². The van der Waals surface area contributed by atoms with Crippen LogP contribution in [0.25, 0.3) is 0 Å². The highest BCUT2D eigenvalue weighted by atomic mass is 16.5. The summed E-state index contributed by atoms with van der Waals surface area (Å²) >= 11 is 0. The number of aliphatic hydroxyl groups excluding tert-OH is 1. The van der Waals surface area contributed by atoms with Gasteiger partial charge in [0.15, 0.2) is 11.5 Å². The second-order valence-electron chi connectivity index (χ2n) is 6.90. The van der Waals surface area contributed by atoms with Crippen molar-refractivity contribution in [2.24, 2.45) is 5.92 Å². The number of hydrogen-bond donors (Lipinski definition) is 1. The fourth-order valence-electron chi connectivity index (χ4n) is 5.38. The summed E-state index contributed by atoms with van der Waals surface area (Å²) in [6.07, 6.45) is 7.23. The standard InChI is InChI=1S/C18H20O3/c1-20-14-7-4-11-9-10-3-2-8-18-12(10)5-6-13(19)17(18)21-16(14)15(11)18/h4-5,7,10,13,17,19H,2-3,6,8-9H2,1H3/t10-,13+,17+,18+/m1/s1. The third kappa shape index (κ3) is 1.25. The van der Waals surface area contributed by atoms with Crippen molar-refractivity contribution in [2.75, 3.05) is 7.11 Å². The van der Waals surface area contributed by atoms with E-state index in [2.05, 4.69) is 12.1 Å². The lowest BCUT2D eigenvalue weighted by Gasteiger charge is -2.51. The molecule has 5 rings (SSSR count). The summed E-state index contributed by atoms with van der Waals surface area (Å²) in [5, 5.41) is 10.5. The van der Waals surface area contributed by atoms with Crippen molar-refractivity contribution in [1.82, 2.24) is 0 Å². The van der Waals surface area contributed by atoms with Gasteiger partial charge >= 0.3 is 0 Å². The molecule has 1 aromatic carbocycles. The van der Waals surface area contributed by atoms with Crippen LogP contribution in [-0.4, -0.2) is 24.4 Å². The molecule has 0 radical (unpaired) electrons. The molecule has 0 aromatic heterocycles. The molecule has 0 amide bonds. The lowest BCUT2D eigenvalue weighted by Crippen LogP contribution is -2.54. The minimum absolute atomic E-state index is 0.0714. The zero-order valence-corrected chi connectivity index (χ0v) is 12.3. The van der Waals surface area contributed by atoms with Crippen molar-refractivity contribution < 1.29 is 14.6 Å². The number of rotatable bonds is 1. The van der Waals surface area contributed by atoms with E-state index in [1.54, 1.807) is 12.7 Å². The highest BCUT2D eigenvalue weighted by molar-refractivity contribution is 5.65. The summed E-state index contributed by atoms with van der Waals surface area (Å²) in [5.41, 5.74) is 4.21. The van der Waals surface area contributed by atoms with Gasteiger partial charge in [-0.15, -0.1) is 0 Å². The van der Waals surface area contributed by atoms with Gasteiger partial charge in [0.1, 0.15) is 6.10 Å². The first-order chi connectivity index (χ1) is 10.3. The molecule has 1 N–H and O–H groups in total. The molecule has 3 aliphatic carbocycles. The van der Waals surface area contributed by atoms with Gasteiger partial charge in [-0.3, -0.25) is 0 Å². The van der Waals surface area contributed by atoms with E-state index in [1.165, 1.54) is 24.0 Å². The Morgan fingerprint density at radius 1 is 1.38 bits per heavy atom. The number of hydrogen-bond acceptors (Lipinski definition) is 3. The minimum atomic E-state index is -0.407. The summed E-state index contributed by atoms with van der Waals surface area (Å²) in [6.45, 7) is 0. The fourth-order valence-corrected chi connectivity index (χ4v) is 5.38. The van der Waals surface area contributed by atoms with Gasteiger partial charge in [0.25, 0.3) is 0 Å². The van der Waals surface area contributed by atoms with Crippen LogP contribution in [0.15, 0.2) is 23.8 Å². The maximum absolute atomic E-state index is 10.5. The van der Waals surface area contributed by atoms with Gasteiger partial charge in [-0.25, -0.2) is 0 Å². The smallest absolute Gasteiger partial charge is 0.166 e. The van der Waals surface area contributed by atoms with E-state index in [1.807, 2.05) is 6.07 Å². The Morgan fingerprint density at radius 3 is 3.14 bits per heavy atom. The van der Waals surface area contributed by atoms with Crippen molar-refractivity contribution in [3.05, 3.63) is 34.9 Å². The van der Waals surface area contributed by atoms with E-state index < -0.39 is 6.10 Å². The van der Waals surface area contributed by atoms with Crippen LogP contribution in [0.1, 0.15) is 36.8 Å². The van der Waals surface area contributed by atoms with Crippen LogP contribution in [-0.2, 0) is 11.8 Å². The molecule has 0 saturated heterocycles. The maximum Gasteiger partial charge on any atom is 0.166 e. The molecule has 3 nitrogen and oxygen atoms in total. The molecule has 4 atom stereocenters. The fraction of sp³-hybridized carbons (Fsp3) is 0.556. The zero-order valence-electron chi connectivity index (χ0n) is 12.3. The van der Waals surface area contributed by atoms with E-state index in [0.717, 1.165) is 30.8 Å². The molecule has 4 aliphatic rings. The van der Waals surface area contributed by atoms with E-state index in [9.17, 15) is 5.11 Å². The van der Waals surface area contributed by atoms with Gasteiger partial charge in [0, 0.05) is 5.56 Å². The largest absolute Gasteiger partial charge is 0.493 e. The second-order valence-corrected chi connectivity index (χ2v) is 6.90. The van der Waals surface area contributed by atoms with Crippen molar-refractivity contribution in [3.63, 3.8) is 0 Å². The van der Waals surface area contributed by atoms with E-state index in [0.29, 0.717) is 5.92 Å². The summed E-state index contributed by atoms with van der Waals surface area (Å²) in [7, 11) is 1.70. The lowest BCUT2D eigenvalue weighted by atomic mass is 9.52. The number of benzene rings is 1. The van der Waals surface area contributed by atoms with E-state index in [4.69, 9.17) is 9.47 Å². The summed E-state index contributed by atoms with van der Waals surface area (Å²) in [4.78, 5) is 0.